The van der Waals surface area contributed by atoms with Crippen molar-refractivity contribution < 1.29 is 41.0 Å². The highest BCUT2D eigenvalue weighted by Gasteiger charge is 2.41. The van der Waals surface area contributed by atoms with Crippen molar-refractivity contribution in [1.82, 2.24) is 4.90 Å². The molecular formula is C32H37F6NO3. The second-order valence-electron chi connectivity index (χ2n) is 12.3. The van der Waals surface area contributed by atoms with Crippen LogP contribution in [0, 0.1) is 17.8 Å². The Bertz CT molecular complexity index is 1280. The standard InChI is InChI=1S/C32H37F6NO3/c1-18(30(40)41)29(22-4-5-22)23-6-3-21-7-9-25(42-28(21)16-23)15-20-11-13-39(14-12-20)19(2)26-17-24(31(33,34)35)8-10-27(26)32(36,37)38/h3,6,8,10,16-20,22,25,29H,4-5,7,9,11-15H2,1-2H3,(H,40,41)/t18-,19-,25?,29-/m0/s1. The van der Waals surface area contributed by atoms with Crippen molar-refractivity contribution in [3.05, 3.63) is 64.2 Å². The maximum absolute atomic E-state index is 13.7. The number of carbonyl (C=O) groups is 1. The Morgan fingerprint density at radius 1 is 0.952 bits per heavy atom. The first-order valence-corrected chi connectivity index (χ1v) is 14.8. The average molecular weight is 598 g/mol. The van der Waals surface area contributed by atoms with Gasteiger partial charge in [0.05, 0.1) is 23.1 Å². The van der Waals surface area contributed by atoms with E-state index in [1.54, 1.807) is 13.8 Å². The van der Waals surface area contributed by atoms with Crippen LogP contribution in [-0.4, -0.2) is 35.2 Å². The number of rotatable bonds is 8. The molecule has 10 heteroatoms. The molecule has 230 valence electrons. The molecule has 1 aliphatic carbocycles. The second-order valence-corrected chi connectivity index (χ2v) is 12.3. The van der Waals surface area contributed by atoms with E-state index in [0.29, 0.717) is 37.2 Å². The molecule has 1 unspecified atom stereocenters. The van der Waals surface area contributed by atoms with Gasteiger partial charge in [-0.3, -0.25) is 9.69 Å². The van der Waals surface area contributed by atoms with Gasteiger partial charge in [-0.15, -0.1) is 0 Å². The summed E-state index contributed by atoms with van der Waals surface area (Å²) in [5.41, 5.74) is -0.341. The predicted molar refractivity (Wildman–Crippen MR) is 145 cm³/mol. The molecule has 1 saturated carbocycles. The first-order valence-electron chi connectivity index (χ1n) is 14.8. The molecule has 2 fully saturated rings. The predicted octanol–water partition coefficient (Wildman–Crippen LogP) is 8.50. The van der Waals surface area contributed by atoms with Crippen LogP contribution in [0.5, 0.6) is 5.75 Å². The number of fused-ring (bicyclic) bond motifs is 1. The number of likely N-dealkylation sites (tertiary alicyclic amines) is 1. The van der Waals surface area contributed by atoms with Gasteiger partial charge in [-0.05, 0) is 124 Å². The Labute approximate surface area is 242 Å². The normalized spacial score (nSPS) is 22.6. The van der Waals surface area contributed by atoms with E-state index in [4.69, 9.17) is 4.74 Å². The van der Waals surface area contributed by atoms with Crippen LogP contribution in [0.2, 0.25) is 0 Å². The summed E-state index contributed by atoms with van der Waals surface area (Å²) in [4.78, 5) is 13.6. The zero-order chi connectivity index (χ0) is 30.4. The zero-order valence-electron chi connectivity index (χ0n) is 23.8. The van der Waals surface area contributed by atoms with Crippen LogP contribution in [-0.2, 0) is 23.6 Å². The molecular weight excluding hydrogens is 560 g/mol. The fourth-order valence-electron chi connectivity index (χ4n) is 6.88. The third-order valence-electron chi connectivity index (χ3n) is 9.49. The molecule has 5 rings (SSSR count). The molecule has 2 aromatic rings. The van der Waals surface area contributed by atoms with Crippen LogP contribution in [0.3, 0.4) is 0 Å². The molecule has 0 amide bonds. The lowest BCUT2D eigenvalue weighted by Crippen LogP contribution is -2.38. The molecule has 3 aliphatic rings. The highest BCUT2D eigenvalue weighted by Crippen LogP contribution is 2.48. The summed E-state index contributed by atoms with van der Waals surface area (Å²) in [6.07, 6.45) is -3.48. The van der Waals surface area contributed by atoms with Gasteiger partial charge in [-0.1, -0.05) is 19.1 Å². The number of piperidine rings is 1. The van der Waals surface area contributed by atoms with E-state index in [2.05, 4.69) is 0 Å². The number of alkyl halides is 6. The first kappa shape index (κ1) is 30.7. The highest BCUT2D eigenvalue weighted by atomic mass is 19.4. The Kier molecular flexibility index (Phi) is 8.58. The topological polar surface area (TPSA) is 49.8 Å². The lowest BCUT2D eigenvalue weighted by Gasteiger charge is -2.38. The number of aryl methyl sites for hydroxylation is 1. The molecule has 0 bridgehead atoms. The van der Waals surface area contributed by atoms with Crippen molar-refractivity contribution in [2.75, 3.05) is 13.1 Å². The summed E-state index contributed by atoms with van der Waals surface area (Å²) in [5, 5.41) is 9.63. The quantitative estimate of drug-likeness (QED) is 0.310. The minimum absolute atomic E-state index is 0.0155. The van der Waals surface area contributed by atoms with Gasteiger partial charge in [0.15, 0.2) is 0 Å². The van der Waals surface area contributed by atoms with Gasteiger partial charge in [-0.25, -0.2) is 0 Å². The van der Waals surface area contributed by atoms with Gasteiger partial charge < -0.3 is 9.84 Å². The van der Waals surface area contributed by atoms with Gasteiger partial charge in [0.1, 0.15) is 5.75 Å². The van der Waals surface area contributed by atoms with Crippen LogP contribution in [0.15, 0.2) is 36.4 Å². The number of hydrogen-bond donors (Lipinski definition) is 1. The van der Waals surface area contributed by atoms with Crippen molar-refractivity contribution >= 4 is 5.97 Å². The largest absolute Gasteiger partial charge is 0.490 e. The third-order valence-corrected chi connectivity index (χ3v) is 9.49. The first-order chi connectivity index (χ1) is 19.7. The van der Waals surface area contributed by atoms with Crippen molar-refractivity contribution in [1.29, 1.82) is 0 Å². The third kappa shape index (κ3) is 6.74. The molecule has 42 heavy (non-hydrogen) atoms. The fraction of sp³-hybridized carbons (Fsp3) is 0.594. The van der Waals surface area contributed by atoms with Crippen LogP contribution in [0.4, 0.5) is 26.3 Å². The Hall–Kier alpha value is -2.75. The second kappa shape index (κ2) is 11.7. The Balaban J connectivity index is 1.22. The van der Waals surface area contributed by atoms with Gasteiger partial charge in [0, 0.05) is 6.04 Å². The number of hydrogen-bond acceptors (Lipinski definition) is 3. The molecule has 4 nitrogen and oxygen atoms in total. The Morgan fingerprint density at radius 2 is 1.64 bits per heavy atom. The molecule has 1 N–H and O–H groups in total. The summed E-state index contributed by atoms with van der Waals surface area (Å²) < 4.78 is 87.4. The summed E-state index contributed by atoms with van der Waals surface area (Å²) in [7, 11) is 0. The number of benzene rings is 2. The average Bonchev–Trinajstić information content (AvgIpc) is 3.77. The van der Waals surface area contributed by atoms with E-state index in [-0.39, 0.29) is 23.5 Å². The number of halogens is 6. The van der Waals surface area contributed by atoms with Crippen molar-refractivity contribution in [3.63, 3.8) is 0 Å². The maximum Gasteiger partial charge on any atom is 0.416 e. The molecule has 4 atom stereocenters. The summed E-state index contributed by atoms with van der Waals surface area (Å²) >= 11 is 0. The number of nitrogens with zero attached hydrogens (tertiary/aromatic N) is 1. The molecule has 0 radical (unpaired) electrons. The number of carboxylic acids is 1. The lowest BCUT2D eigenvalue weighted by molar-refractivity contribution is -0.142. The number of carboxylic acid groups (broad SMARTS) is 1. The minimum atomic E-state index is -4.75. The Morgan fingerprint density at radius 3 is 2.24 bits per heavy atom. The summed E-state index contributed by atoms with van der Waals surface area (Å²) in [6.45, 7) is 4.29. The van der Waals surface area contributed by atoms with Crippen LogP contribution in [0.1, 0.15) is 92.1 Å². The molecule has 0 spiro atoms. The van der Waals surface area contributed by atoms with Gasteiger partial charge in [0.25, 0.3) is 0 Å². The molecule has 2 aromatic carbocycles. The highest BCUT2D eigenvalue weighted by molar-refractivity contribution is 5.71. The maximum atomic E-state index is 13.7. The van der Waals surface area contributed by atoms with Crippen molar-refractivity contribution in [2.45, 2.75) is 89.2 Å². The lowest BCUT2D eigenvalue weighted by atomic mass is 9.82. The van der Waals surface area contributed by atoms with E-state index in [1.807, 2.05) is 23.1 Å². The van der Waals surface area contributed by atoms with Gasteiger partial charge >= 0.3 is 18.3 Å². The van der Waals surface area contributed by atoms with E-state index >= 15 is 0 Å². The van der Waals surface area contributed by atoms with Gasteiger partial charge in [-0.2, -0.15) is 26.3 Å². The van der Waals surface area contributed by atoms with Crippen molar-refractivity contribution in [2.24, 2.45) is 17.8 Å². The molecule has 2 heterocycles. The van der Waals surface area contributed by atoms with E-state index in [0.717, 1.165) is 61.8 Å². The molecule has 2 aliphatic heterocycles. The van der Waals surface area contributed by atoms with Gasteiger partial charge in [0.2, 0.25) is 0 Å². The summed E-state index contributed by atoms with van der Waals surface area (Å²) in [6, 6.07) is 6.97. The minimum Gasteiger partial charge on any atom is -0.490 e. The molecule has 1 saturated heterocycles. The number of ether oxygens (including phenoxy) is 1. The van der Waals surface area contributed by atoms with E-state index < -0.39 is 41.4 Å². The smallest absolute Gasteiger partial charge is 0.416 e. The van der Waals surface area contributed by atoms with E-state index in [1.165, 1.54) is 0 Å². The van der Waals surface area contributed by atoms with Crippen LogP contribution >= 0.6 is 0 Å². The van der Waals surface area contributed by atoms with E-state index in [9.17, 15) is 36.2 Å². The molecule has 0 aromatic heterocycles. The summed E-state index contributed by atoms with van der Waals surface area (Å²) in [5.74, 6) is 0.153. The SMILES string of the molecule is C[C@H](C(=O)O)[C@H](c1ccc2c(c1)OC(CC1CCN([C@@H](C)c3cc(C(F)(F)F)ccc3C(F)(F)F)CC1)CC2)C1CC1. The zero-order valence-corrected chi connectivity index (χ0v) is 23.8. The number of aliphatic carboxylic acids is 1. The van der Waals surface area contributed by atoms with Crippen LogP contribution in [0.25, 0.3) is 0 Å². The monoisotopic (exact) mass is 597 g/mol. The van der Waals surface area contributed by atoms with Crippen molar-refractivity contribution in [3.8, 4) is 5.75 Å². The van der Waals surface area contributed by atoms with Crippen LogP contribution < -0.4 is 4.74 Å². The fourth-order valence-corrected chi connectivity index (χ4v) is 6.88.